The summed E-state index contributed by atoms with van der Waals surface area (Å²) in [4.78, 5) is 35.9. The summed E-state index contributed by atoms with van der Waals surface area (Å²) in [5.41, 5.74) is 0.791. The second kappa shape index (κ2) is 4.06. The average Bonchev–Trinajstić information content (AvgIpc) is 3.06. The Morgan fingerprint density at radius 1 is 1.16 bits per heavy atom. The summed E-state index contributed by atoms with van der Waals surface area (Å²) < 4.78 is 0. The van der Waals surface area contributed by atoms with Gasteiger partial charge in [-0.3, -0.25) is 19.3 Å². The van der Waals surface area contributed by atoms with Crippen molar-refractivity contribution in [3.05, 3.63) is 34.9 Å². The minimum atomic E-state index is -1.07. The van der Waals surface area contributed by atoms with Gasteiger partial charge in [0.25, 0.3) is 0 Å². The molecule has 1 saturated carbocycles. The van der Waals surface area contributed by atoms with Crippen molar-refractivity contribution in [2.75, 3.05) is 0 Å². The molecule has 1 aromatic carbocycles. The number of halogens is 1. The summed E-state index contributed by atoms with van der Waals surface area (Å²) in [6.45, 7) is 0.175. The van der Waals surface area contributed by atoms with Crippen LogP contribution < -0.4 is 0 Å². The molecule has 2 fully saturated rings. The second-order valence-electron chi connectivity index (χ2n) is 4.80. The van der Waals surface area contributed by atoms with Crippen LogP contribution >= 0.6 is 11.6 Å². The zero-order chi connectivity index (χ0) is 13.7. The topological polar surface area (TPSA) is 74.7 Å². The fraction of sp³-hybridized carbons (Fsp3) is 0.308. The van der Waals surface area contributed by atoms with Crippen molar-refractivity contribution in [1.29, 1.82) is 0 Å². The fourth-order valence-electron chi connectivity index (χ4n) is 2.63. The van der Waals surface area contributed by atoms with Crippen LogP contribution in [-0.4, -0.2) is 27.8 Å². The predicted molar refractivity (Wildman–Crippen MR) is 65.1 cm³/mol. The van der Waals surface area contributed by atoms with E-state index in [1.165, 1.54) is 0 Å². The van der Waals surface area contributed by atoms with Gasteiger partial charge in [0.15, 0.2) is 0 Å². The van der Waals surface area contributed by atoms with E-state index in [4.69, 9.17) is 16.7 Å². The number of rotatable bonds is 3. The van der Waals surface area contributed by atoms with Gasteiger partial charge >= 0.3 is 5.97 Å². The SMILES string of the molecule is O=C(O)C1C2C(=O)N(Cc3ccc(Cl)cc3)C(=O)C12. The number of aliphatic carboxylic acids is 1. The fourth-order valence-corrected chi connectivity index (χ4v) is 2.76. The summed E-state index contributed by atoms with van der Waals surface area (Å²) in [7, 11) is 0. The molecule has 5 nitrogen and oxygen atoms in total. The lowest BCUT2D eigenvalue weighted by Crippen LogP contribution is -2.35. The van der Waals surface area contributed by atoms with E-state index in [0.29, 0.717) is 5.02 Å². The molecular weight excluding hydrogens is 270 g/mol. The Morgan fingerprint density at radius 3 is 2.16 bits per heavy atom. The van der Waals surface area contributed by atoms with Crippen molar-refractivity contribution in [2.24, 2.45) is 17.8 Å². The van der Waals surface area contributed by atoms with Crippen LogP contribution in [0.4, 0.5) is 0 Å². The van der Waals surface area contributed by atoms with E-state index in [2.05, 4.69) is 0 Å². The van der Waals surface area contributed by atoms with Crippen LogP contribution in [0.25, 0.3) is 0 Å². The lowest BCUT2D eigenvalue weighted by molar-refractivity contribution is -0.149. The zero-order valence-electron chi connectivity index (χ0n) is 9.75. The largest absolute Gasteiger partial charge is 0.481 e. The van der Waals surface area contributed by atoms with Crippen molar-refractivity contribution in [3.63, 3.8) is 0 Å². The lowest BCUT2D eigenvalue weighted by Gasteiger charge is -2.17. The molecule has 3 rings (SSSR count). The molecule has 19 heavy (non-hydrogen) atoms. The average molecular weight is 280 g/mol. The Bertz CT molecular complexity index is 561. The number of carboxylic acid groups (broad SMARTS) is 1. The van der Waals surface area contributed by atoms with Gasteiger partial charge < -0.3 is 5.11 Å². The number of carbonyl (C=O) groups is 3. The Kier molecular flexibility index (Phi) is 2.60. The molecule has 1 aliphatic carbocycles. The molecule has 2 unspecified atom stereocenters. The molecule has 2 atom stereocenters. The van der Waals surface area contributed by atoms with Gasteiger partial charge in [-0.15, -0.1) is 0 Å². The Balaban J connectivity index is 1.75. The number of nitrogens with zero attached hydrogens (tertiary/aromatic N) is 1. The van der Waals surface area contributed by atoms with E-state index < -0.39 is 23.7 Å². The summed E-state index contributed by atoms with van der Waals surface area (Å²) in [6.07, 6.45) is 0. The van der Waals surface area contributed by atoms with Crippen molar-refractivity contribution in [1.82, 2.24) is 4.90 Å². The van der Waals surface area contributed by atoms with Gasteiger partial charge in [-0.2, -0.15) is 0 Å². The van der Waals surface area contributed by atoms with E-state index in [9.17, 15) is 14.4 Å². The monoisotopic (exact) mass is 279 g/mol. The molecule has 98 valence electrons. The molecule has 2 aliphatic rings. The number of amides is 2. The van der Waals surface area contributed by atoms with Gasteiger partial charge in [-0.25, -0.2) is 0 Å². The smallest absolute Gasteiger partial charge is 0.308 e. The van der Waals surface area contributed by atoms with Gasteiger partial charge in [-0.05, 0) is 17.7 Å². The van der Waals surface area contributed by atoms with Gasteiger partial charge in [-0.1, -0.05) is 23.7 Å². The van der Waals surface area contributed by atoms with Crippen molar-refractivity contribution in [3.8, 4) is 0 Å². The van der Waals surface area contributed by atoms with Crippen LogP contribution in [0.1, 0.15) is 5.56 Å². The van der Waals surface area contributed by atoms with E-state index in [-0.39, 0.29) is 18.4 Å². The summed E-state index contributed by atoms with van der Waals surface area (Å²) in [5, 5.41) is 9.44. The molecule has 1 N–H and O–H groups in total. The first-order valence-electron chi connectivity index (χ1n) is 5.83. The third-order valence-corrected chi connectivity index (χ3v) is 3.91. The molecule has 0 radical (unpaired) electrons. The number of piperidine rings is 1. The van der Waals surface area contributed by atoms with Crippen LogP contribution in [0.2, 0.25) is 5.02 Å². The number of fused-ring (bicyclic) bond motifs is 1. The minimum Gasteiger partial charge on any atom is -0.481 e. The summed E-state index contributed by atoms with van der Waals surface area (Å²) in [6, 6.07) is 6.84. The molecule has 0 bridgehead atoms. The number of carbonyl (C=O) groups excluding carboxylic acids is 2. The quantitative estimate of drug-likeness (QED) is 0.843. The van der Waals surface area contributed by atoms with Gasteiger partial charge in [0.05, 0.1) is 24.3 Å². The molecule has 6 heteroatoms. The van der Waals surface area contributed by atoms with E-state index >= 15 is 0 Å². The van der Waals surface area contributed by atoms with E-state index in [1.807, 2.05) is 0 Å². The minimum absolute atomic E-state index is 0.175. The van der Waals surface area contributed by atoms with Crippen molar-refractivity contribution in [2.45, 2.75) is 6.54 Å². The number of imide groups is 1. The normalized spacial score (nSPS) is 28.5. The van der Waals surface area contributed by atoms with Gasteiger partial charge in [0.1, 0.15) is 0 Å². The van der Waals surface area contributed by atoms with Gasteiger partial charge in [0, 0.05) is 5.02 Å². The molecule has 1 heterocycles. The second-order valence-corrected chi connectivity index (χ2v) is 5.24. The number of hydrogen-bond acceptors (Lipinski definition) is 3. The molecular formula is C13H10ClNO4. The first-order valence-corrected chi connectivity index (χ1v) is 6.21. The first-order chi connectivity index (χ1) is 9.00. The Morgan fingerprint density at radius 2 is 1.68 bits per heavy atom. The number of carboxylic acids is 1. The van der Waals surface area contributed by atoms with Crippen molar-refractivity contribution < 1.29 is 19.5 Å². The maximum Gasteiger partial charge on any atom is 0.308 e. The van der Waals surface area contributed by atoms with Crippen LogP contribution in [0.3, 0.4) is 0 Å². The summed E-state index contributed by atoms with van der Waals surface area (Å²) >= 11 is 5.76. The van der Waals surface area contributed by atoms with Crippen LogP contribution in [0, 0.1) is 17.8 Å². The highest BCUT2D eigenvalue weighted by atomic mass is 35.5. The zero-order valence-corrected chi connectivity index (χ0v) is 10.5. The lowest BCUT2D eigenvalue weighted by atomic mass is 10.2. The summed E-state index contributed by atoms with van der Waals surface area (Å²) in [5.74, 6) is -3.95. The molecule has 1 aliphatic heterocycles. The standard InChI is InChI=1S/C13H10ClNO4/c14-7-3-1-6(2-4-7)5-15-11(16)8-9(12(15)17)10(8)13(18)19/h1-4,8-10H,5H2,(H,18,19). The third kappa shape index (κ3) is 1.81. The molecule has 1 saturated heterocycles. The number of hydrogen-bond donors (Lipinski definition) is 1. The predicted octanol–water partition coefficient (Wildman–Crippen LogP) is 1.16. The highest BCUT2D eigenvalue weighted by Gasteiger charge is 2.70. The Labute approximate surface area is 113 Å². The van der Waals surface area contributed by atoms with Crippen LogP contribution in [0.15, 0.2) is 24.3 Å². The highest BCUT2D eigenvalue weighted by molar-refractivity contribution is 6.30. The third-order valence-electron chi connectivity index (χ3n) is 3.66. The molecule has 1 aromatic rings. The number of benzene rings is 1. The molecule has 0 aromatic heterocycles. The number of likely N-dealkylation sites (tertiary alicyclic amines) is 1. The van der Waals surface area contributed by atoms with E-state index in [0.717, 1.165) is 10.5 Å². The van der Waals surface area contributed by atoms with Crippen LogP contribution in [-0.2, 0) is 20.9 Å². The van der Waals surface area contributed by atoms with Gasteiger partial charge in [0.2, 0.25) is 11.8 Å². The van der Waals surface area contributed by atoms with Crippen LogP contribution in [0.5, 0.6) is 0 Å². The molecule has 0 spiro atoms. The van der Waals surface area contributed by atoms with E-state index in [1.54, 1.807) is 24.3 Å². The highest BCUT2D eigenvalue weighted by Crippen LogP contribution is 2.53. The first kappa shape index (κ1) is 12.2. The Hall–Kier alpha value is -1.88. The molecule has 2 amide bonds. The van der Waals surface area contributed by atoms with Crippen molar-refractivity contribution >= 4 is 29.4 Å². The maximum atomic E-state index is 12.0. The maximum absolute atomic E-state index is 12.0.